The normalized spacial score (nSPS) is 17.0. The Balaban J connectivity index is 1.82. The molecule has 6 nitrogen and oxygen atoms in total. The summed E-state index contributed by atoms with van der Waals surface area (Å²) in [6.45, 7) is 2.39. The molecule has 3 rings (SSSR count). The number of hydrogen-bond acceptors (Lipinski definition) is 4. The van der Waals surface area contributed by atoms with Gasteiger partial charge in [-0.25, -0.2) is 4.39 Å². The van der Waals surface area contributed by atoms with E-state index >= 15 is 0 Å². The van der Waals surface area contributed by atoms with Gasteiger partial charge in [-0.05, 0) is 43.3 Å². The quantitative estimate of drug-likeness (QED) is 0.828. The molecule has 0 saturated carbocycles. The number of carbonyl (C=O) groups excluding carboxylic acids is 2. The molecule has 0 bridgehead atoms. The molecule has 0 unspecified atom stereocenters. The topological polar surface area (TPSA) is 59.1 Å². The molecule has 1 atom stereocenters. The van der Waals surface area contributed by atoms with Crippen molar-refractivity contribution in [2.75, 3.05) is 32.2 Å². The lowest BCUT2D eigenvalue weighted by Gasteiger charge is -2.39. The first kappa shape index (κ1) is 18.7. The van der Waals surface area contributed by atoms with E-state index in [0.717, 1.165) is 0 Å². The Bertz CT molecular complexity index is 831. The van der Waals surface area contributed by atoms with Crippen LogP contribution in [0.3, 0.4) is 0 Å². The molecule has 1 aliphatic rings. The second-order valence-electron chi connectivity index (χ2n) is 6.24. The molecule has 0 aliphatic carbocycles. The average molecular weight is 372 g/mol. The fourth-order valence-corrected chi connectivity index (χ4v) is 3.12. The van der Waals surface area contributed by atoms with Crippen LogP contribution in [0, 0.1) is 5.82 Å². The number of rotatable bonds is 4. The fourth-order valence-electron chi connectivity index (χ4n) is 3.12. The smallest absolute Gasteiger partial charge is 0.254 e. The molecule has 2 aromatic rings. The summed E-state index contributed by atoms with van der Waals surface area (Å²) in [5.41, 5.74) is 1.00. The predicted octanol–water partition coefficient (Wildman–Crippen LogP) is 2.72. The Hall–Kier alpha value is -3.09. The van der Waals surface area contributed by atoms with Gasteiger partial charge in [-0.15, -0.1) is 0 Å². The van der Waals surface area contributed by atoms with E-state index in [-0.39, 0.29) is 17.6 Å². The first-order valence-corrected chi connectivity index (χ1v) is 8.55. The predicted molar refractivity (Wildman–Crippen MR) is 98.8 cm³/mol. The minimum Gasteiger partial charge on any atom is -0.497 e. The number of methoxy groups -OCH3 is 2. The Kier molecular flexibility index (Phi) is 5.30. The maximum atomic E-state index is 13.1. The number of carbonyl (C=O) groups is 2. The second kappa shape index (κ2) is 7.65. The van der Waals surface area contributed by atoms with Gasteiger partial charge in [-0.2, -0.15) is 0 Å². The van der Waals surface area contributed by atoms with Crippen LogP contribution < -0.4 is 14.4 Å². The zero-order chi connectivity index (χ0) is 19.6. The molecular weight excluding hydrogens is 351 g/mol. The number of amides is 2. The van der Waals surface area contributed by atoms with Gasteiger partial charge in [0.1, 0.15) is 23.4 Å². The van der Waals surface area contributed by atoms with Gasteiger partial charge < -0.3 is 19.3 Å². The molecule has 0 N–H and O–H groups in total. The maximum absolute atomic E-state index is 13.1. The summed E-state index contributed by atoms with van der Waals surface area (Å²) in [4.78, 5) is 28.9. The average Bonchev–Trinajstić information content (AvgIpc) is 2.70. The Morgan fingerprint density at radius 1 is 1.04 bits per heavy atom. The van der Waals surface area contributed by atoms with Crippen molar-refractivity contribution >= 4 is 17.5 Å². The van der Waals surface area contributed by atoms with Crippen LogP contribution in [0.5, 0.6) is 11.5 Å². The van der Waals surface area contributed by atoms with E-state index in [4.69, 9.17) is 9.47 Å². The molecule has 2 amide bonds. The first-order valence-electron chi connectivity index (χ1n) is 8.55. The van der Waals surface area contributed by atoms with Gasteiger partial charge in [-0.3, -0.25) is 9.59 Å². The molecule has 1 aliphatic heterocycles. The standard InChI is InChI=1S/C20H21FN2O4/c1-13-19(24)23(16-6-4-15(21)5-7-16)9-8-22(13)20(25)14-10-17(26-2)12-18(11-14)27-3/h4-7,10-13H,8-9H2,1-3H3/t13-/m1/s1. The van der Waals surface area contributed by atoms with Crippen molar-refractivity contribution < 1.29 is 23.5 Å². The van der Waals surface area contributed by atoms with Crippen LogP contribution in [0.15, 0.2) is 42.5 Å². The highest BCUT2D eigenvalue weighted by Crippen LogP contribution is 2.26. The third kappa shape index (κ3) is 3.72. The van der Waals surface area contributed by atoms with Crippen LogP contribution in [0.25, 0.3) is 0 Å². The largest absolute Gasteiger partial charge is 0.497 e. The minimum atomic E-state index is -0.645. The highest BCUT2D eigenvalue weighted by molar-refractivity contribution is 6.03. The van der Waals surface area contributed by atoms with E-state index in [1.807, 2.05) is 0 Å². The summed E-state index contributed by atoms with van der Waals surface area (Å²) < 4.78 is 23.6. The lowest BCUT2D eigenvalue weighted by atomic mass is 10.1. The highest BCUT2D eigenvalue weighted by atomic mass is 19.1. The molecular formula is C20H21FN2O4. The Labute approximate surface area is 157 Å². The minimum absolute atomic E-state index is 0.212. The summed E-state index contributed by atoms with van der Waals surface area (Å²) in [6.07, 6.45) is 0. The SMILES string of the molecule is COc1cc(OC)cc(C(=O)N2CCN(c3ccc(F)cc3)C(=O)[C@H]2C)c1. The van der Waals surface area contributed by atoms with E-state index in [0.29, 0.717) is 35.8 Å². The third-order valence-electron chi connectivity index (χ3n) is 4.65. The lowest BCUT2D eigenvalue weighted by molar-refractivity contribution is -0.124. The van der Waals surface area contributed by atoms with E-state index in [2.05, 4.69) is 0 Å². The van der Waals surface area contributed by atoms with Gasteiger partial charge in [0.05, 0.1) is 14.2 Å². The van der Waals surface area contributed by atoms with E-state index in [9.17, 15) is 14.0 Å². The van der Waals surface area contributed by atoms with Crippen molar-refractivity contribution in [1.82, 2.24) is 4.90 Å². The monoisotopic (exact) mass is 372 g/mol. The number of halogens is 1. The molecule has 0 aromatic heterocycles. The van der Waals surface area contributed by atoms with Crippen molar-refractivity contribution in [3.63, 3.8) is 0 Å². The summed E-state index contributed by atoms with van der Waals surface area (Å²) in [5.74, 6) is 0.158. The molecule has 7 heteroatoms. The molecule has 27 heavy (non-hydrogen) atoms. The van der Waals surface area contributed by atoms with Crippen LogP contribution in [-0.4, -0.2) is 50.1 Å². The van der Waals surface area contributed by atoms with Crippen molar-refractivity contribution in [2.24, 2.45) is 0 Å². The molecule has 0 spiro atoms. The molecule has 1 heterocycles. The summed E-state index contributed by atoms with van der Waals surface area (Å²) in [6, 6.07) is 10.0. The molecule has 0 radical (unpaired) electrons. The van der Waals surface area contributed by atoms with Crippen LogP contribution >= 0.6 is 0 Å². The van der Waals surface area contributed by atoms with Crippen LogP contribution in [-0.2, 0) is 4.79 Å². The van der Waals surface area contributed by atoms with Crippen molar-refractivity contribution in [1.29, 1.82) is 0 Å². The Morgan fingerprint density at radius 3 is 2.19 bits per heavy atom. The van der Waals surface area contributed by atoms with Crippen LogP contribution in [0.2, 0.25) is 0 Å². The first-order chi connectivity index (χ1) is 12.9. The zero-order valence-corrected chi connectivity index (χ0v) is 15.4. The van der Waals surface area contributed by atoms with Crippen molar-refractivity contribution in [2.45, 2.75) is 13.0 Å². The Morgan fingerprint density at radius 2 is 1.63 bits per heavy atom. The summed E-state index contributed by atoms with van der Waals surface area (Å²) >= 11 is 0. The molecule has 1 saturated heterocycles. The summed E-state index contributed by atoms with van der Waals surface area (Å²) in [7, 11) is 3.02. The number of ether oxygens (including phenoxy) is 2. The van der Waals surface area contributed by atoms with Gasteiger partial charge in [0.2, 0.25) is 5.91 Å². The van der Waals surface area contributed by atoms with Crippen molar-refractivity contribution in [3.8, 4) is 11.5 Å². The van der Waals surface area contributed by atoms with Gasteiger partial charge in [-0.1, -0.05) is 0 Å². The van der Waals surface area contributed by atoms with Crippen molar-refractivity contribution in [3.05, 3.63) is 53.8 Å². The summed E-state index contributed by atoms with van der Waals surface area (Å²) in [5, 5.41) is 0. The molecule has 2 aromatic carbocycles. The van der Waals surface area contributed by atoms with E-state index in [1.165, 1.54) is 31.3 Å². The molecule has 142 valence electrons. The van der Waals surface area contributed by atoms with E-state index < -0.39 is 6.04 Å². The van der Waals surface area contributed by atoms with Gasteiger partial charge >= 0.3 is 0 Å². The number of anilines is 1. The van der Waals surface area contributed by atoms with Gasteiger partial charge in [0.15, 0.2) is 0 Å². The van der Waals surface area contributed by atoms with Gasteiger partial charge in [0.25, 0.3) is 5.91 Å². The second-order valence-corrected chi connectivity index (χ2v) is 6.24. The highest BCUT2D eigenvalue weighted by Gasteiger charge is 2.35. The van der Waals surface area contributed by atoms with Crippen LogP contribution in [0.4, 0.5) is 10.1 Å². The van der Waals surface area contributed by atoms with E-state index in [1.54, 1.807) is 42.2 Å². The lowest BCUT2D eigenvalue weighted by Crippen LogP contribution is -2.57. The number of hydrogen-bond donors (Lipinski definition) is 0. The van der Waals surface area contributed by atoms with Gasteiger partial charge in [0, 0.05) is 30.4 Å². The zero-order valence-electron chi connectivity index (χ0n) is 15.4. The third-order valence-corrected chi connectivity index (χ3v) is 4.65. The van der Waals surface area contributed by atoms with Crippen LogP contribution in [0.1, 0.15) is 17.3 Å². The number of nitrogens with zero attached hydrogens (tertiary/aromatic N) is 2. The number of benzene rings is 2. The molecule has 1 fully saturated rings. The maximum Gasteiger partial charge on any atom is 0.254 e. The fraction of sp³-hybridized carbons (Fsp3) is 0.300. The number of piperazine rings is 1.